The molecule has 1 rings (SSSR count). The number of carbonyl (C=O) groups is 1. The molecule has 0 saturated carbocycles. The summed E-state index contributed by atoms with van der Waals surface area (Å²) in [6.07, 6.45) is 2.49. The van der Waals surface area contributed by atoms with E-state index in [1.165, 1.54) is 0 Å². The number of carbonyl (C=O) groups excluding carboxylic acids is 1. The number of hydrogen-bond acceptors (Lipinski definition) is 2. The summed E-state index contributed by atoms with van der Waals surface area (Å²) < 4.78 is 4.84. The molecule has 0 aliphatic carbocycles. The largest absolute Gasteiger partial charge is 0.369 e. The number of ether oxygens (including phenoxy) is 1. The molecule has 0 aromatic heterocycles. The molecule has 0 N–H and O–H groups in total. The SMILES string of the molecule is C[Si](C)(C)C#COC(=O)c1ccccc1. The Hall–Kier alpha value is -1.53. The van der Waals surface area contributed by atoms with Crippen molar-refractivity contribution in [1.29, 1.82) is 0 Å². The summed E-state index contributed by atoms with van der Waals surface area (Å²) in [4.78, 5) is 11.4. The molecule has 0 fully saturated rings. The van der Waals surface area contributed by atoms with Crippen molar-refractivity contribution in [2.75, 3.05) is 0 Å². The predicted molar refractivity (Wildman–Crippen MR) is 63.0 cm³/mol. The Morgan fingerprint density at radius 3 is 2.33 bits per heavy atom. The summed E-state index contributed by atoms with van der Waals surface area (Å²) in [6.45, 7) is 6.28. The Morgan fingerprint density at radius 2 is 1.80 bits per heavy atom. The Bertz CT molecular complexity index is 393. The predicted octanol–water partition coefficient (Wildman–Crippen LogP) is 2.68. The van der Waals surface area contributed by atoms with Gasteiger partial charge in [0.05, 0.1) is 5.56 Å². The molecule has 0 amide bonds. The lowest BCUT2D eigenvalue weighted by Gasteiger charge is -2.02. The van der Waals surface area contributed by atoms with Crippen LogP contribution in [0, 0.1) is 11.7 Å². The third-order valence-corrected chi connectivity index (χ3v) is 2.43. The van der Waals surface area contributed by atoms with E-state index in [2.05, 4.69) is 31.3 Å². The van der Waals surface area contributed by atoms with E-state index in [9.17, 15) is 4.79 Å². The smallest absolute Gasteiger partial charge is 0.352 e. The van der Waals surface area contributed by atoms with E-state index in [1.54, 1.807) is 24.3 Å². The highest BCUT2D eigenvalue weighted by Crippen LogP contribution is 2.01. The van der Waals surface area contributed by atoms with Gasteiger partial charge in [-0.05, 0) is 12.1 Å². The molecular weight excluding hydrogens is 204 g/mol. The Kier molecular flexibility index (Phi) is 3.70. The molecule has 0 saturated heterocycles. The fourth-order valence-corrected chi connectivity index (χ4v) is 1.22. The van der Waals surface area contributed by atoms with Crippen LogP contribution in [-0.2, 0) is 4.74 Å². The molecule has 2 nitrogen and oxygen atoms in total. The fourth-order valence-electron chi connectivity index (χ4n) is 0.858. The van der Waals surface area contributed by atoms with Gasteiger partial charge in [0, 0.05) is 0 Å². The van der Waals surface area contributed by atoms with Crippen molar-refractivity contribution in [2.45, 2.75) is 19.6 Å². The van der Waals surface area contributed by atoms with Gasteiger partial charge in [-0.3, -0.25) is 0 Å². The minimum Gasteiger partial charge on any atom is -0.369 e. The Labute approximate surface area is 91.3 Å². The summed E-state index contributed by atoms with van der Waals surface area (Å²) >= 11 is 0. The van der Waals surface area contributed by atoms with Gasteiger partial charge in [0.25, 0.3) is 0 Å². The third kappa shape index (κ3) is 4.48. The topological polar surface area (TPSA) is 26.3 Å². The molecule has 0 radical (unpaired) electrons. The molecule has 0 spiro atoms. The van der Waals surface area contributed by atoms with Crippen LogP contribution in [0.2, 0.25) is 19.6 Å². The van der Waals surface area contributed by atoms with Gasteiger partial charge in [-0.1, -0.05) is 43.4 Å². The lowest BCUT2D eigenvalue weighted by atomic mass is 10.2. The summed E-state index contributed by atoms with van der Waals surface area (Å²) in [5.41, 5.74) is 3.50. The van der Waals surface area contributed by atoms with Gasteiger partial charge in [0.1, 0.15) is 14.2 Å². The molecule has 0 aliphatic rings. The Balaban J connectivity index is 2.61. The molecule has 0 bridgehead atoms. The molecule has 78 valence electrons. The number of benzene rings is 1. The first-order chi connectivity index (χ1) is 6.99. The highest BCUT2D eigenvalue weighted by atomic mass is 28.3. The molecule has 1 aromatic carbocycles. The minimum absolute atomic E-state index is 0.388. The van der Waals surface area contributed by atoms with Crippen molar-refractivity contribution >= 4 is 14.0 Å². The average Bonchev–Trinajstić information content (AvgIpc) is 2.17. The van der Waals surface area contributed by atoms with Crippen LogP contribution in [0.25, 0.3) is 0 Å². The molecule has 0 heterocycles. The van der Waals surface area contributed by atoms with Crippen LogP contribution >= 0.6 is 0 Å². The fraction of sp³-hybridized carbons (Fsp3) is 0.250. The van der Waals surface area contributed by atoms with E-state index in [4.69, 9.17) is 4.74 Å². The molecule has 15 heavy (non-hydrogen) atoms. The molecule has 3 heteroatoms. The molecule has 0 unspecified atom stereocenters. The molecule has 0 aliphatic heterocycles. The van der Waals surface area contributed by atoms with Crippen molar-refractivity contribution in [3.8, 4) is 11.7 Å². The molecular formula is C12H14O2Si. The first-order valence-electron chi connectivity index (χ1n) is 4.77. The number of hydrogen-bond donors (Lipinski definition) is 0. The quantitative estimate of drug-likeness (QED) is 0.411. The standard InChI is InChI=1S/C12H14O2Si/c1-15(2,3)10-9-14-12(13)11-7-5-4-6-8-11/h4-8H,1-3H3. The van der Waals surface area contributed by atoms with Crippen molar-refractivity contribution < 1.29 is 9.53 Å². The second-order valence-corrected chi connectivity index (χ2v) is 8.98. The minimum atomic E-state index is -1.46. The zero-order valence-corrected chi connectivity index (χ0v) is 10.2. The van der Waals surface area contributed by atoms with Gasteiger partial charge in [-0.25, -0.2) is 4.79 Å². The number of rotatable bonds is 1. The second kappa shape index (κ2) is 4.81. The van der Waals surface area contributed by atoms with Crippen LogP contribution in [0.1, 0.15) is 10.4 Å². The van der Waals surface area contributed by atoms with Crippen LogP contribution in [-0.4, -0.2) is 14.0 Å². The van der Waals surface area contributed by atoms with Crippen LogP contribution < -0.4 is 0 Å². The maximum Gasteiger partial charge on any atom is 0.352 e. The van der Waals surface area contributed by atoms with Crippen molar-refractivity contribution in [1.82, 2.24) is 0 Å². The van der Waals surface area contributed by atoms with Gasteiger partial charge >= 0.3 is 5.97 Å². The van der Waals surface area contributed by atoms with Crippen LogP contribution in [0.5, 0.6) is 0 Å². The maximum absolute atomic E-state index is 11.4. The number of esters is 1. The van der Waals surface area contributed by atoms with Gasteiger partial charge in [0.15, 0.2) is 0 Å². The normalized spacial score (nSPS) is 10.1. The zero-order valence-electron chi connectivity index (χ0n) is 9.20. The van der Waals surface area contributed by atoms with Crippen LogP contribution in [0.15, 0.2) is 30.3 Å². The first kappa shape index (κ1) is 11.5. The van der Waals surface area contributed by atoms with Gasteiger partial charge in [0.2, 0.25) is 0 Å². The third-order valence-electron chi connectivity index (χ3n) is 1.58. The van der Waals surface area contributed by atoms with Crippen LogP contribution in [0.3, 0.4) is 0 Å². The summed E-state index contributed by atoms with van der Waals surface area (Å²) in [5, 5.41) is 0. The zero-order chi connectivity index (χ0) is 11.3. The summed E-state index contributed by atoms with van der Waals surface area (Å²) in [7, 11) is -1.46. The average molecular weight is 218 g/mol. The summed E-state index contributed by atoms with van der Waals surface area (Å²) in [5.74, 6) is -0.388. The van der Waals surface area contributed by atoms with Gasteiger partial charge in [-0.2, -0.15) is 0 Å². The highest BCUT2D eigenvalue weighted by molar-refractivity contribution is 6.83. The van der Waals surface area contributed by atoms with E-state index in [0.29, 0.717) is 5.56 Å². The van der Waals surface area contributed by atoms with Crippen molar-refractivity contribution in [3.05, 3.63) is 35.9 Å². The van der Waals surface area contributed by atoms with Gasteiger partial charge < -0.3 is 4.74 Å². The lowest BCUT2D eigenvalue weighted by molar-refractivity contribution is 0.0691. The van der Waals surface area contributed by atoms with E-state index in [1.807, 2.05) is 6.07 Å². The highest BCUT2D eigenvalue weighted by Gasteiger charge is 2.09. The van der Waals surface area contributed by atoms with Crippen molar-refractivity contribution in [3.63, 3.8) is 0 Å². The molecule has 0 atom stereocenters. The maximum atomic E-state index is 11.4. The van der Waals surface area contributed by atoms with E-state index in [0.717, 1.165) is 0 Å². The Morgan fingerprint density at radius 1 is 1.20 bits per heavy atom. The first-order valence-corrected chi connectivity index (χ1v) is 8.27. The summed E-state index contributed by atoms with van der Waals surface area (Å²) in [6, 6.07) is 8.85. The van der Waals surface area contributed by atoms with E-state index >= 15 is 0 Å². The molecule has 1 aromatic rings. The van der Waals surface area contributed by atoms with E-state index < -0.39 is 8.07 Å². The lowest BCUT2D eigenvalue weighted by Crippen LogP contribution is -2.16. The monoisotopic (exact) mass is 218 g/mol. The van der Waals surface area contributed by atoms with Crippen molar-refractivity contribution in [2.24, 2.45) is 0 Å². The second-order valence-electron chi connectivity index (χ2n) is 4.23. The van der Waals surface area contributed by atoms with Gasteiger partial charge in [-0.15, -0.1) is 0 Å². The van der Waals surface area contributed by atoms with Crippen LogP contribution in [0.4, 0.5) is 0 Å². The van der Waals surface area contributed by atoms with E-state index in [-0.39, 0.29) is 5.97 Å².